The van der Waals surface area contributed by atoms with E-state index in [2.05, 4.69) is 31.0 Å². The third-order valence-corrected chi connectivity index (χ3v) is 5.31. The SMILES string of the molecule is CC(C)c1cnn(-c2cc(CC(C)c3cnn(-c4cccc(F)c4)c3)ccc2F)c1. The van der Waals surface area contributed by atoms with Crippen molar-refractivity contribution in [3.63, 3.8) is 0 Å². The molecule has 2 aromatic heterocycles. The molecule has 0 saturated heterocycles. The number of rotatable bonds is 6. The van der Waals surface area contributed by atoms with Gasteiger partial charge in [0.15, 0.2) is 0 Å². The summed E-state index contributed by atoms with van der Waals surface area (Å²) >= 11 is 0. The Morgan fingerprint density at radius 1 is 0.867 bits per heavy atom. The maximum atomic E-state index is 14.4. The lowest BCUT2D eigenvalue weighted by Gasteiger charge is -2.12. The molecule has 0 bridgehead atoms. The van der Waals surface area contributed by atoms with Gasteiger partial charge in [0.25, 0.3) is 0 Å². The van der Waals surface area contributed by atoms with E-state index in [1.165, 1.54) is 18.2 Å². The average molecular weight is 406 g/mol. The van der Waals surface area contributed by atoms with E-state index in [-0.39, 0.29) is 17.6 Å². The van der Waals surface area contributed by atoms with Crippen LogP contribution in [0.4, 0.5) is 8.78 Å². The summed E-state index contributed by atoms with van der Waals surface area (Å²) < 4.78 is 31.2. The van der Waals surface area contributed by atoms with Gasteiger partial charge < -0.3 is 0 Å². The molecule has 4 rings (SSSR count). The van der Waals surface area contributed by atoms with Gasteiger partial charge in [0.2, 0.25) is 0 Å². The van der Waals surface area contributed by atoms with Crippen molar-refractivity contribution in [2.24, 2.45) is 0 Å². The van der Waals surface area contributed by atoms with Crippen molar-refractivity contribution in [2.45, 2.75) is 39.0 Å². The van der Waals surface area contributed by atoms with Crippen molar-refractivity contribution < 1.29 is 8.78 Å². The molecule has 30 heavy (non-hydrogen) atoms. The Hall–Kier alpha value is -3.28. The Morgan fingerprint density at radius 3 is 2.33 bits per heavy atom. The molecule has 0 amide bonds. The van der Waals surface area contributed by atoms with Crippen LogP contribution in [0.25, 0.3) is 11.4 Å². The van der Waals surface area contributed by atoms with Crippen LogP contribution in [-0.2, 0) is 6.42 Å². The van der Waals surface area contributed by atoms with Crippen LogP contribution in [0.15, 0.2) is 67.3 Å². The van der Waals surface area contributed by atoms with Crippen molar-refractivity contribution in [2.75, 3.05) is 0 Å². The number of hydrogen-bond donors (Lipinski definition) is 0. The monoisotopic (exact) mass is 406 g/mol. The van der Waals surface area contributed by atoms with E-state index in [9.17, 15) is 8.78 Å². The second-order valence-corrected chi connectivity index (χ2v) is 7.96. The summed E-state index contributed by atoms with van der Waals surface area (Å²) in [4.78, 5) is 0. The second kappa shape index (κ2) is 8.22. The van der Waals surface area contributed by atoms with Crippen molar-refractivity contribution in [1.82, 2.24) is 19.6 Å². The molecular weight excluding hydrogens is 382 g/mol. The zero-order chi connectivity index (χ0) is 21.3. The van der Waals surface area contributed by atoms with Crippen LogP contribution in [0.2, 0.25) is 0 Å². The van der Waals surface area contributed by atoms with Gasteiger partial charge >= 0.3 is 0 Å². The summed E-state index contributed by atoms with van der Waals surface area (Å²) in [5.74, 6) is -0.103. The minimum atomic E-state index is -0.302. The molecule has 2 aromatic carbocycles. The molecule has 0 fully saturated rings. The third-order valence-electron chi connectivity index (χ3n) is 5.31. The normalized spacial score (nSPS) is 12.5. The Balaban J connectivity index is 1.54. The summed E-state index contributed by atoms with van der Waals surface area (Å²) in [7, 11) is 0. The summed E-state index contributed by atoms with van der Waals surface area (Å²) in [5.41, 5.74) is 4.24. The number of hydrogen-bond acceptors (Lipinski definition) is 2. The van der Waals surface area contributed by atoms with E-state index in [4.69, 9.17) is 0 Å². The standard InChI is InChI=1S/C24H24F2N4/c1-16(2)19-12-28-30(14-19)24-10-18(7-8-23(24)26)9-17(3)20-13-27-29(15-20)22-6-4-5-21(25)11-22/h4-8,10-17H,9H2,1-3H3. The predicted molar refractivity (Wildman–Crippen MR) is 113 cm³/mol. The molecule has 0 aliphatic rings. The summed E-state index contributed by atoms with van der Waals surface area (Å²) in [6.07, 6.45) is 8.08. The Kier molecular flexibility index (Phi) is 5.48. The topological polar surface area (TPSA) is 35.6 Å². The molecule has 4 nitrogen and oxygen atoms in total. The minimum absolute atomic E-state index is 0.162. The highest BCUT2D eigenvalue weighted by atomic mass is 19.1. The van der Waals surface area contributed by atoms with Gasteiger partial charge in [0, 0.05) is 12.4 Å². The summed E-state index contributed by atoms with van der Waals surface area (Å²) in [5, 5.41) is 8.69. The highest BCUT2D eigenvalue weighted by Crippen LogP contribution is 2.24. The van der Waals surface area contributed by atoms with E-state index in [0.29, 0.717) is 17.3 Å². The van der Waals surface area contributed by atoms with Crippen LogP contribution in [0.5, 0.6) is 0 Å². The Morgan fingerprint density at radius 2 is 1.60 bits per heavy atom. The first-order chi connectivity index (χ1) is 14.4. The average Bonchev–Trinajstić information content (AvgIpc) is 3.39. The van der Waals surface area contributed by atoms with Crippen LogP contribution in [0, 0.1) is 11.6 Å². The van der Waals surface area contributed by atoms with Gasteiger partial charge in [-0.25, -0.2) is 18.1 Å². The van der Waals surface area contributed by atoms with Crippen LogP contribution >= 0.6 is 0 Å². The lowest BCUT2D eigenvalue weighted by atomic mass is 9.96. The van der Waals surface area contributed by atoms with Crippen LogP contribution in [0.3, 0.4) is 0 Å². The first-order valence-corrected chi connectivity index (χ1v) is 10.0. The molecule has 0 saturated carbocycles. The lowest BCUT2D eigenvalue weighted by molar-refractivity contribution is 0.608. The molecule has 6 heteroatoms. The largest absolute Gasteiger partial charge is 0.241 e. The Bertz CT molecular complexity index is 1160. The predicted octanol–water partition coefficient (Wildman–Crippen LogP) is 5.81. The van der Waals surface area contributed by atoms with Crippen molar-refractivity contribution in [3.05, 3.63) is 95.6 Å². The highest BCUT2D eigenvalue weighted by Gasteiger charge is 2.14. The first-order valence-electron chi connectivity index (χ1n) is 10.0. The van der Waals surface area contributed by atoms with E-state index in [0.717, 1.165) is 23.1 Å². The van der Waals surface area contributed by atoms with E-state index >= 15 is 0 Å². The van der Waals surface area contributed by atoms with Gasteiger partial charge in [-0.3, -0.25) is 0 Å². The summed E-state index contributed by atoms with van der Waals surface area (Å²) in [6, 6.07) is 11.5. The number of benzene rings is 2. The molecule has 0 N–H and O–H groups in total. The number of halogens is 2. The molecule has 0 aliphatic carbocycles. The van der Waals surface area contributed by atoms with Gasteiger partial charge in [-0.2, -0.15) is 10.2 Å². The van der Waals surface area contributed by atoms with Crippen molar-refractivity contribution >= 4 is 0 Å². The second-order valence-electron chi connectivity index (χ2n) is 7.96. The van der Waals surface area contributed by atoms with Crippen molar-refractivity contribution in [1.29, 1.82) is 0 Å². The molecule has 0 spiro atoms. The maximum Gasteiger partial charge on any atom is 0.148 e. The van der Waals surface area contributed by atoms with Gasteiger partial charge in [0.1, 0.15) is 17.3 Å². The first kappa shape index (κ1) is 20.0. The van der Waals surface area contributed by atoms with Gasteiger partial charge in [-0.1, -0.05) is 32.9 Å². The molecule has 0 aliphatic heterocycles. The molecule has 2 heterocycles. The fraction of sp³-hybridized carbons (Fsp3) is 0.250. The van der Waals surface area contributed by atoms with Crippen LogP contribution in [0.1, 0.15) is 49.3 Å². The Labute approximate surface area is 174 Å². The van der Waals surface area contributed by atoms with Crippen LogP contribution in [-0.4, -0.2) is 19.6 Å². The van der Waals surface area contributed by atoms with E-state index < -0.39 is 0 Å². The quantitative estimate of drug-likeness (QED) is 0.405. The van der Waals surface area contributed by atoms with Crippen LogP contribution < -0.4 is 0 Å². The third kappa shape index (κ3) is 4.17. The highest BCUT2D eigenvalue weighted by molar-refractivity contribution is 5.39. The lowest BCUT2D eigenvalue weighted by Crippen LogP contribution is -2.02. The number of nitrogens with zero attached hydrogens (tertiary/aromatic N) is 4. The van der Waals surface area contributed by atoms with Gasteiger partial charge in [-0.05, 0) is 65.3 Å². The zero-order valence-corrected chi connectivity index (χ0v) is 17.3. The van der Waals surface area contributed by atoms with Crippen molar-refractivity contribution in [3.8, 4) is 11.4 Å². The fourth-order valence-corrected chi connectivity index (χ4v) is 3.45. The zero-order valence-electron chi connectivity index (χ0n) is 17.3. The fourth-order valence-electron chi connectivity index (χ4n) is 3.45. The smallest absolute Gasteiger partial charge is 0.148 e. The van der Waals surface area contributed by atoms with E-state index in [1.54, 1.807) is 33.9 Å². The minimum Gasteiger partial charge on any atom is -0.241 e. The maximum absolute atomic E-state index is 14.4. The molecule has 0 radical (unpaired) electrons. The van der Waals surface area contributed by atoms with E-state index in [1.807, 2.05) is 24.5 Å². The van der Waals surface area contributed by atoms with Gasteiger partial charge in [0.05, 0.1) is 18.1 Å². The molecule has 4 aromatic rings. The molecule has 1 atom stereocenters. The molecular formula is C24H24F2N4. The molecule has 1 unspecified atom stereocenters. The molecule has 154 valence electrons. The summed E-state index contributed by atoms with van der Waals surface area (Å²) in [6.45, 7) is 6.26. The number of aromatic nitrogens is 4. The van der Waals surface area contributed by atoms with Gasteiger partial charge in [-0.15, -0.1) is 0 Å².